The highest BCUT2D eigenvalue weighted by Crippen LogP contribution is 2.20. The van der Waals surface area contributed by atoms with Crippen molar-refractivity contribution < 1.29 is 9.84 Å². The van der Waals surface area contributed by atoms with Gasteiger partial charge in [-0.05, 0) is 39.7 Å². The summed E-state index contributed by atoms with van der Waals surface area (Å²) in [5.41, 5.74) is -0.705. The van der Waals surface area contributed by atoms with Crippen LogP contribution in [0.25, 0.3) is 0 Å². The number of nitrogens with one attached hydrogen (secondary N) is 2. The molecule has 1 unspecified atom stereocenters. The van der Waals surface area contributed by atoms with Crippen molar-refractivity contribution >= 4 is 29.9 Å². The average molecular weight is 468 g/mol. The van der Waals surface area contributed by atoms with E-state index in [1.165, 1.54) is 25.8 Å². The van der Waals surface area contributed by atoms with Gasteiger partial charge < -0.3 is 25.4 Å². The Morgan fingerprint density at radius 1 is 1.28 bits per heavy atom. The number of aliphatic imine (C=N–C) groups is 1. The molecule has 0 saturated carbocycles. The van der Waals surface area contributed by atoms with Crippen molar-refractivity contribution in [2.75, 3.05) is 45.9 Å². The molecule has 25 heavy (non-hydrogen) atoms. The van der Waals surface area contributed by atoms with Gasteiger partial charge in [-0.25, -0.2) is 0 Å². The van der Waals surface area contributed by atoms with E-state index in [4.69, 9.17) is 4.74 Å². The third-order valence-electron chi connectivity index (χ3n) is 5.15. The molecule has 1 atom stereocenters. The highest BCUT2D eigenvalue weighted by atomic mass is 127. The number of aliphatic hydroxyl groups is 1. The summed E-state index contributed by atoms with van der Waals surface area (Å²) >= 11 is 0. The normalized spacial score (nSPS) is 24.4. The third-order valence-corrected chi connectivity index (χ3v) is 5.15. The number of nitrogens with zero attached hydrogens (tertiary/aromatic N) is 2. The van der Waals surface area contributed by atoms with Crippen LogP contribution in [0.1, 0.15) is 52.4 Å². The molecule has 6 nitrogen and oxygen atoms in total. The van der Waals surface area contributed by atoms with Gasteiger partial charge in [0.2, 0.25) is 0 Å². The molecule has 0 radical (unpaired) electrons. The number of rotatable bonds is 7. The molecule has 2 aliphatic heterocycles. The van der Waals surface area contributed by atoms with Crippen molar-refractivity contribution in [1.82, 2.24) is 15.5 Å². The van der Waals surface area contributed by atoms with Crippen LogP contribution in [0.5, 0.6) is 0 Å². The Labute approximate surface area is 170 Å². The first-order valence-electron chi connectivity index (χ1n) is 9.69. The Balaban J connectivity index is 0.00000312. The molecule has 0 aliphatic carbocycles. The van der Waals surface area contributed by atoms with E-state index in [0.29, 0.717) is 32.6 Å². The summed E-state index contributed by atoms with van der Waals surface area (Å²) in [6.45, 7) is 10.2. The first-order chi connectivity index (χ1) is 11.6. The molecule has 2 aliphatic rings. The molecule has 2 heterocycles. The van der Waals surface area contributed by atoms with E-state index in [2.05, 4.69) is 34.4 Å². The predicted octanol–water partition coefficient (Wildman–Crippen LogP) is 1.97. The van der Waals surface area contributed by atoms with Crippen LogP contribution >= 0.6 is 24.0 Å². The van der Waals surface area contributed by atoms with Gasteiger partial charge in [0.25, 0.3) is 0 Å². The molecule has 0 aromatic heterocycles. The number of hydrogen-bond acceptors (Lipinski definition) is 4. The number of ether oxygens (including phenoxy) is 1. The smallest absolute Gasteiger partial charge is 0.191 e. The van der Waals surface area contributed by atoms with Crippen LogP contribution < -0.4 is 10.6 Å². The lowest BCUT2D eigenvalue weighted by atomic mass is 9.95. The minimum atomic E-state index is -0.705. The first kappa shape index (κ1) is 22.9. The van der Waals surface area contributed by atoms with Crippen LogP contribution in [-0.2, 0) is 4.74 Å². The van der Waals surface area contributed by atoms with Gasteiger partial charge in [0.05, 0.1) is 12.1 Å². The predicted molar refractivity (Wildman–Crippen MR) is 114 cm³/mol. The Morgan fingerprint density at radius 3 is 2.72 bits per heavy atom. The molecule has 2 saturated heterocycles. The van der Waals surface area contributed by atoms with E-state index in [1.54, 1.807) is 0 Å². The minimum Gasteiger partial charge on any atom is -0.388 e. The summed E-state index contributed by atoms with van der Waals surface area (Å²) < 4.78 is 5.32. The molecule has 0 spiro atoms. The Kier molecular flexibility index (Phi) is 11.3. The van der Waals surface area contributed by atoms with Crippen molar-refractivity contribution in [2.24, 2.45) is 4.99 Å². The van der Waals surface area contributed by atoms with Crippen molar-refractivity contribution in [3.05, 3.63) is 0 Å². The molecule has 148 valence electrons. The van der Waals surface area contributed by atoms with E-state index in [-0.39, 0.29) is 24.0 Å². The standard InChI is InChI=1S/C18H36N4O2.HI/c1-3-19-17(21-15-18(23)8-13-24-14-9-18)20-10-6-12-22-11-5-4-7-16(22)2;/h16,23H,3-15H2,1-2H3,(H2,19,20,21);1H. The van der Waals surface area contributed by atoms with Gasteiger partial charge in [-0.3, -0.25) is 4.99 Å². The second-order valence-corrected chi connectivity index (χ2v) is 7.19. The van der Waals surface area contributed by atoms with Crippen molar-refractivity contribution in [2.45, 2.75) is 64.0 Å². The molecule has 7 heteroatoms. The summed E-state index contributed by atoms with van der Waals surface area (Å²) in [5.74, 6) is 0.809. The van der Waals surface area contributed by atoms with Crippen LogP contribution in [-0.4, -0.2) is 73.5 Å². The maximum absolute atomic E-state index is 10.5. The molecular formula is C18H37IN4O2. The number of piperidine rings is 1. The van der Waals surface area contributed by atoms with Gasteiger partial charge in [0.15, 0.2) is 5.96 Å². The quantitative estimate of drug-likeness (QED) is 0.231. The number of halogens is 1. The lowest BCUT2D eigenvalue weighted by Gasteiger charge is -2.33. The molecule has 0 aromatic carbocycles. The maximum atomic E-state index is 10.5. The van der Waals surface area contributed by atoms with Crippen molar-refractivity contribution in [1.29, 1.82) is 0 Å². The lowest BCUT2D eigenvalue weighted by molar-refractivity contribution is -0.0565. The summed E-state index contributed by atoms with van der Waals surface area (Å²) in [6.07, 6.45) is 6.50. The molecule has 2 rings (SSSR count). The van der Waals surface area contributed by atoms with E-state index in [0.717, 1.165) is 38.1 Å². The number of likely N-dealkylation sites (tertiary alicyclic amines) is 1. The fourth-order valence-corrected chi connectivity index (χ4v) is 3.46. The zero-order valence-electron chi connectivity index (χ0n) is 15.9. The summed E-state index contributed by atoms with van der Waals surface area (Å²) in [5, 5.41) is 17.2. The first-order valence-corrected chi connectivity index (χ1v) is 9.69. The molecule has 3 N–H and O–H groups in total. The second kappa shape index (κ2) is 12.3. The average Bonchev–Trinajstić information content (AvgIpc) is 2.58. The molecule has 0 aromatic rings. The maximum Gasteiger partial charge on any atom is 0.191 e. The Morgan fingerprint density at radius 2 is 2.04 bits per heavy atom. The van der Waals surface area contributed by atoms with Crippen molar-refractivity contribution in [3.8, 4) is 0 Å². The van der Waals surface area contributed by atoms with Gasteiger partial charge >= 0.3 is 0 Å². The second-order valence-electron chi connectivity index (χ2n) is 7.19. The lowest BCUT2D eigenvalue weighted by Crippen LogP contribution is -2.43. The van der Waals surface area contributed by atoms with Gasteiger partial charge in [-0.2, -0.15) is 0 Å². The topological polar surface area (TPSA) is 69.1 Å². The van der Waals surface area contributed by atoms with Gasteiger partial charge in [-0.1, -0.05) is 6.42 Å². The fraction of sp³-hybridized carbons (Fsp3) is 0.944. The third kappa shape index (κ3) is 8.41. The van der Waals surface area contributed by atoms with E-state index in [1.807, 2.05) is 0 Å². The minimum absolute atomic E-state index is 0. The Bertz CT molecular complexity index is 389. The van der Waals surface area contributed by atoms with Crippen LogP contribution in [0, 0.1) is 0 Å². The van der Waals surface area contributed by atoms with Crippen LogP contribution in [0.3, 0.4) is 0 Å². The molecule has 0 amide bonds. The monoisotopic (exact) mass is 468 g/mol. The van der Waals surface area contributed by atoms with Gasteiger partial charge in [0.1, 0.15) is 0 Å². The molecular weight excluding hydrogens is 431 g/mol. The largest absolute Gasteiger partial charge is 0.388 e. The molecule has 0 bridgehead atoms. The van der Waals surface area contributed by atoms with E-state index in [9.17, 15) is 5.11 Å². The number of guanidine groups is 1. The summed E-state index contributed by atoms with van der Waals surface area (Å²) in [7, 11) is 0. The van der Waals surface area contributed by atoms with Gasteiger partial charge in [0, 0.05) is 51.7 Å². The van der Waals surface area contributed by atoms with Crippen LogP contribution in [0.15, 0.2) is 4.99 Å². The zero-order valence-corrected chi connectivity index (χ0v) is 18.3. The zero-order chi connectivity index (χ0) is 17.3. The number of hydrogen-bond donors (Lipinski definition) is 3. The van der Waals surface area contributed by atoms with Gasteiger partial charge in [-0.15, -0.1) is 24.0 Å². The van der Waals surface area contributed by atoms with Crippen molar-refractivity contribution in [3.63, 3.8) is 0 Å². The SMILES string of the molecule is CCNC(=NCC1(O)CCOCC1)NCCCN1CCCCC1C.I. The molecule has 2 fully saturated rings. The Hall–Kier alpha value is -0.120. The van der Waals surface area contributed by atoms with E-state index >= 15 is 0 Å². The fourth-order valence-electron chi connectivity index (χ4n) is 3.46. The van der Waals surface area contributed by atoms with Crippen LogP contribution in [0.4, 0.5) is 0 Å². The highest BCUT2D eigenvalue weighted by Gasteiger charge is 2.29. The summed E-state index contributed by atoms with van der Waals surface area (Å²) in [4.78, 5) is 7.18. The van der Waals surface area contributed by atoms with E-state index < -0.39 is 5.60 Å². The highest BCUT2D eigenvalue weighted by molar-refractivity contribution is 14.0. The van der Waals surface area contributed by atoms with Crippen LogP contribution in [0.2, 0.25) is 0 Å². The summed E-state index contributed by atoms with van der Waals surface area (Å²) in [6, 6.07) is 0.725.